The lowest BCUT2D eigenvalue weighted by Crippen LogP contribution is -2.27. The zero-order chi connectivity index (χ0) is 13.8. The van der Waals surface area contributed by atoms with Gasteiger partial charge in [-0.1, -0.05) is 24.9 Å². The number of halogens is 1. The highest BCUT2D eigenvalue weighted by Crippen LogP contribution is 2.33. The topological polar surface area (TPSA) is 49.3 Å². The van der Waals surface area contributed by atoms with E-state index in [0.29, 0.717) is 22.0 Å². The highest BCUT2D eigenvalue weighted by molar-refractivity contribution is 7.99. The third-order valence-electron chi connectivity index (χ3n) is 3.39. The maximum Gasteiger partial charge on any atom is 0.337 e. The normalized spacial score (nSPS) is 22.4. The van der Waals surface area contributed by atoms with Gasteiger partial charge in [0.2, 0.25) is 0 Å². The average molecular weight is 300 g/mol. The number of hydrogen-bond donors (Lipinski definition) is 2. The van der Waals surface area contributed by atoms with E-state index in [1.54, 1.807) is 12.1 Å². The Morgan fingerprint density at radius 3 is 3.00 bits per heavy atom. The Morgan fingerprint density at radius 2 is 2.32 bits per heavy atom. The van der Waals surface area contributed by atoms with Crippen LogP contribution in [0.3, 0.4) is 0 Å². The number of rotatable bonds is 5. The number of hydrogen-bond acceptors (Lipinski definition) is 3. The molecular formula is C14H18ClNO2S. The molecular weight excluding hydrogens is 282 g/mol. The van der Waals surface area contributed by atoms with Gasteiger partial charge in [-0.25, -0.2) is 4.79 Å². The van der Waals surface area contributed by atoms with Gasteiger partial charge in [-0.3, -0.25) is 0 Å². The van der Waals surface area contributed by atoms with E-state index in [4.69, 9.17) is 11.6 Å². The molecule has 0 heterocycles. The Kier molecular flexibility index (Phi) is 4.99. The molecule has 1 aliphatic carbocycles. The fourth-order valence-electron chi connectivity index (χ4n) is 2.52. The Bertz CT molecular complexity index is 467. The summed E-state index contributed by atoms with van der Waals surface area (Å²) in [5, 5.41) is 13.6. The molecule has 0 aromatic heterocycles. The van der Waals surface area contributed by atoms with Crippen molar-refractivity contribution in [2.45, 2.75) is 37.5 Å². The largest absolute Gasteiger partial charge is 0.478 e. The number of aromatic carboxylic acids is 1. The second-order valence-corrected chi connectivity index (χ2v) is 6.62. The van der Waals surface area contributed by atoms with Gasteiger partial charge in [-0.15, -0.1) is 0 Å². The third-order valence-corrected chi connectivity index (χ3v) is 4.95. The summed E-state index contributed by atoms with van der Waals surface area (Å²) < 4.78 is 0. The van der Waals surface area contributed by atoms with Crippen molar-refractivity contribution in [3.63, 3.8) is 0 Å². The number of carbonyl (C=O) groups is 1. The molecule has 0 radical (unpaired) electrons. The van der Waals surface area contributed by atoms with Crippen molar-refractivity contribution in [1.82, 2.24) is 0 Å². The van der Waals surface area contributed by atoms with E-state index in [1.165, 1.54) is 18.9 Å². The smallest absolute Gasteiger partial charge is 0.337 e. The van der Waals surface area contributed by atoms with Crippen molar-refractivity contribution >= 4 is 35.0 Å². The summed E-state index contributed by atoms with van der Waals surface area (Å²) in [7, 11) is 0. The van der Waals surface area contributed by atoms with Crippen molar-refractivity contribution in [2.24, 2.45) is 0 Å². The van der Waals surface area contributed by atoms with E-state index < -0.39 is 5.97 Å². The molecule has 2 unspecified atom stereocenters. The molecule has 3 nitrogen and oxygen atoms in total. The zero-order valence-corrected chi connectivity index (χ0v) is 12.4. The molecule has 104 valence electrons. The molecule has 1 aromatic rings. The summed E-state index contributed by atoms with van der Waals surface area (Å²) in [4.78, 5) is 11.3. The Hall–Kier alpha value is -0.870. The van der Waals surface area contributed by atoms with Crippen LogP contribution in [0.15, 0.2) is 18.2 Å². The van der Waals surface area contributed by atoms with Gasteiger partial charge in [0.05, 0.1) is 5.56 Å². The molecule has 0 amide bonds. The van der Waals surface area contributed by atoms with Crippen LogP contribution in [0.25, 0.3) is 0 Å². The second kappa shape index (κ2) is 6.53. The summed E-state index contributed by atoms with van der Waals surface area (Å²) >= 11 is 7.81. The minimum Gasteiger partial charge on any atom is -0.478 e. The second-order valence-electron chi connectivity index (χ2n) is 4.67. The van der Waals surface area contributed by atoms with E-state index in [2.05, 4.69) is 12.2 Å². The first-order valence-corrected chi connectivity index (χ1v) is 7.95. The number of carboxylic acid groups (broad SMARTS) is 1. The predicted octanol–water partition coefficient (Wildman–Crippen LogP) is 4.12. The molecule has 0 bridgehead atoms. The van der Waals surface area contributed by atoms with Gasteiger partial charge in [0.25, 0.3) is 0 Å². The fourth-order valence-corrected chi connectivity index (χ4v) is 3.89. The molecule has 1 aromatic carbocycles. The number of nitrogens with one attached hydrogen (secondary N) is 1. The van der Waals surface area contributed by atoms with Crippen molar-refractivity contribution < 1.29 is 9.90 Å². The molecule has 2 rings (SSSR count). The molecule has 0 aliphatic heterocycles. The first-order valence-electron chi connectivity index (χ1n) is 6.52. The van der Waals surface area contributed by atoms with E-state index in [1.807, 2.05) is 11.8 Å². The third kappa shape index (κ3) is 3.57. The van der Waals surface area contributed by atoms with Crippen molar-refractivity contribution in [3.8, 4) is 0 Å². The van der Waals surface area contributed by atoms with E-state index >= 15 is 0 Å². The summed E-state index contributed by atoms with van der Waals surface area (Å²) in [6.45, 7) is 2.16. The summed E-state index contributed by atoms with van der Waals surface area (Å²) in [5.74, 6) is 0.151. The van der Waals surface area contributed by atoms with Gasteiger partial charge >= 0.3 is 5.97 Å². The first kappa shape index (κ1) is 14.5. The molecule has 5 heteroatoms. The highest BCUT2D eigenvalue weighted by atomic mass is 35.5. The first-order chi connectivity index (χ1) is 9.11. The average Bonchev–Trinajstić information content (AvgIpc) is 2.79. The van der Waals surface area contributed by atoms with Gasteiger partial charge < -0.3 is 10.4 Å². The molecule has 1 fully saturated rings. The number of carboxylic acids is 1. The molecule has 1 aliphatic rings. The zero-order valence-electron chi connectivity index (χ0n) is 10.9. The SMILES string of the molecule is CCSC1CCCC1Nc1ccc(Cl)cc1C(=O)O. The van der Waals surface area contributed by atoms with Gasteiger partial charge in [-0.2, -0.15) is 11.8 Å². The van der Waals surface area contributed by atoms with Crippen LogP contribution < -0.4 is 5.32 Å². The van der Waals surface area contributed by atoms with E-state index in [-0.39, 0.29) is 5.56 Å². The predicted molar refractivity (Wildman–Crippen MR) is 81.6 cm³/mol. The highest BCUT2D eigenvalue weighted by Gasteiger charge is 2.28. The minimum absolute atomic E-state index is 0.250. The van der Waals surface area contributed by atoms with Gasteiger partial charge in [0.15, 0.2) is 0 Å². The molecule has 0 saturated heterocycles. The lowest BCUT2D eigenvalue weighted by molar-refractivity contribution is 0.0698. The number of anilines is 1. The quantitative estimate of drug-likeness (QED) is 0.858. The number of thioether (sulfide) groups is 1. The molecule has 1 saturated carbocycles. The fraction of sp³-hybridized carbons (Fsp3) is 0.500. The summed E-state index contributed by atoms with van der Waals surface area (Å²) in [5.41, 5.74) is 0.921. The van der Waals surface area contributed by atoms with Crippen LogP contribution in [0.4, 0.5) is 5.69 Å². The lowest BCUT2D eigenvalue weighted by atomic mass is 10.1. The van der Waals surface area contributed by atoms with E-state index in [9.17, 15) is 9.90 Å². The standard InChI is InChI=1S/C14H18ClNO2S/c1-2-19-13-5-3-4-12(13)16-11-7-6-9(15)8-10(11)14(17)18/h6-8,12-13,16H,2-5H2,1H3,(H,17,18). The maximum atomic E-state index is 11.3. The molecule has 0 spiro atoms. The van der Waals surface area contributed by atoms with Crippen LogP contribution >= 0.6 is 23.4 Å². The van der Waals surface area contributed by atoms with Crippen molar-refractivity contribution in [3.05, 3.63) is 28.8 Å². The maximum absolute atomic E-state index is 11.3. The van der Waals surface area contributed by atoms with Crippen LogP contribution in [0, 0.1) is 0 Å². The molecule has 2 atom stereocenters. The molecule has 2 N–H and O–H groups in total. The lowest BCUT2D eigenvalue weighted by Gasteiger charge is -2.22. The van der Waals surface area contributed by atoms with Gasteiger partial charge in [-0.05, 0) is 36.8 Å². The number of benzene rings is 1. The van der Waals surface area contributed by atoms with Gasteiger partial charge in [0, 0.05) is 22.0 Å². The summed E-state index contributed by atoms with van der Waals surface area (Å²) in [6.07, 6.45) is 3.50. The summed E-state index contributed by atoms with van der Waals surface area (Å²) in [6, 6.07) is 5.35. The Labute approximate surface area is 122 Å². The van der Waals surface area contributed by atoms with E-state index in [0.717, 1.165) is 12.2 Å². The monoisotopic (exact) mass is 299 g/mol. The minimum atomic E-state index is -0.942. The Morgan fingerprint density at radius 1 is 1.53 bits per heavy atom. The molecule has 19 heavy (non-hydrogen) atoms. The van der Waals surface area contributed by atoms with Crippen molar-refractivity contribution in [1.29, 1.82) is 0 Å². The van der Waals surface area contributed by atoms with Crippen molar-refractivity contribution in [2.75, 3.05) is 11.1 Å². The Balaban J connectivity index is 2.16. The van der Waals surface area contributed by atoms with Crippen LogP contribution in [0.5, 0.6) is 0 Å². The van der Waals surface area contributed by atoms with Gasteiger partial charge in [0.1, 0.15) is 0 Å². The van der Waals surface area contributed by atoms with Crippen LogP contribution in [0.1, 0.15) is 36.5 Å². The van der Waals surface area contributed by atoms with Crippen LogP contribution in [0.2, 0.25) is 5.02 Å². The van der Waals surface area contributed by atoms with Crippen LogP contribution in [-0.2, 0) is 0 Å². The van der Waals surface area contributed by atoms with Crippen LogP contribution in [-0.4, -0.2) is 28.1 Å².